The number of hydrogen-bond donors (Lipinski definition) is 0. The number of hydrogen-bond acceptors (Lipinski definition) is 3. The highest BCUT2D eigenvalue weighted by molar-refractivity contribution is 7.25. The van der Waals surface area contributed by atoms with Gasteiger partial charge < -0.3 is 8.83 Å². The van der Waals surface area contributed by atoms with E-state index in [9.17, 15) is 0 Å². The maximum absolute atomic E-state index is 6.42. The van der Waals surface area contributed by atoms with Crippen LogP contribution in [0.4, 0.5) is 0 Å². The Bertz CT molecular complexity index is 2680. The lowest BCUT2D eigenvalue weighted by atomic mass is 9.85. The van der Waals surface area contributed by atoms with E-state index in [0.29, 0.717) is 0 Å². The zero-order chi connectivity index (χ0) is 28.1. The van der Waals surface area contributed by atoms with Crippen molar-refractivity contribution in [3.63, 3.8) is 0 Å². The van der Waals surface area contributed by atoms with Gasteiger partial charge in [0.25, 0.3) is 0 Å². The maximum Gasteiger partial charge on any atom is 0.146 e. The van der Waals surface area contributed by atoms with Gasteiger partial charge in [0.05, 0.1) is 11.6 Å². The summed E-state index contributed by atoms with van der Waals surface area (Å²) in [5.41, 5.74) is 7.40. The molecule has 200 valence electrons. The molecule has 0 unspecified atom stereocenters. The molecular weight excluding hydrogens is 545 g/mol. The van der Waals surface area contributed by atoms with Crippen LogP contribution in [-0.2, 0) is 0 Å². The van der Waals surface area contributed by atoms with E-state index in [-0.39, 0.29) is 0 Å². The zero-order valence-electron chi connectivity index (χ0n) is 22.9. The van der Waals surface area contributed by atoms with Crippen molar-refractivity contribution in [1.82, 2.24) is 0 Å². The number of para-hydroxylation sites is 1. The molecule has 0 saturated heterocycles. The second kappa shape index (κ2) is 8.57. The monoisotopic (exact) mass is 566 g/mol. The van der Waals surface area contributed by atoms with Gasteiger partial charge in [-0.15, -0.1) is 11.3 Å². The van der Waals surface area contributed by atoms with Gasteiger partial charge in [-0.05, 0) is 74.1 Å². The van der Waals surface area contributed by atoms with E-state index in [2.05, 4.69) is 115 Å². The predicted octanol–water partition coefficient (Wildman–Crippen LogP) is 12.3. The van der Waals surface area contributed by atoms with E-state index < -0.39 is 0 Å². The van der Waals surface area contributed by atoms with Crippen molar-refractivity contribution in [2.75, 3.05) is 0 Å². The van der Waals surface area contributed by atoms with Crippen LogP contribution in [-0.4, -0.2) is 0 Å². The Labute approximate surface area is 250 Å². The molecule has 10 aromatic rings. The summed E-state index contributed by atoms with van der Waals surface area (Å²) >= 11 is 1.87. The predicted molar refractivity (Wildman–Crippen MR) is 182 cm³/mol. The van der Waals surface area contributed by atoms with Crippen LogP contribution in [0.1, 0.15) is 0 Å². The highest BCUT2D eigenvalue weighted by Gasteiger charge is 2.22. The molecule has 0 aliphatic heterocycles. The molecule has 0 fully saturated rings. The van der Waals surface area contributed by atoms with Crippen molar-refractivity contribution < 1.29 is 8.83 Å². The first-order valence-electron chi connectivity index (χ1n) is 14.5. The summed E-state index contributed by atoms with van der Waals surface area (Å²) in [6.45, 7) is 0. The third-order valence-corrected chi connectivity index (χ3v) is 10.1. The van der Waals surface area contributed by atoms with Crippen LogP contribution in [0.15, 0.2) is 142 Å². The average Bonchev–Trinajstić information content (AvgIpc) is 3.78. The Hall–Kier alpha value is -5.38. The average molecular weight is 567 g/mol. The fourth-order valence-corrected chi connectivity index (χ4v) is 8.29. The highest BCUT2D eigenvalue weighted by Crippen LogP contribution is 2.48. The Kier molecular flexibility index (Phi) is 4.63. The fraction of sp³-hybridized carbons (Fsp3) is 0. The number of furan rings is 2. The van der Waals surface area contributed by atoms with Crippen LogP contribution in [0.2, 0.25) is 0 Å². The molecular formula is C40H22O2S. The molecule has 3 heterocycles. The van der Waals surface area contributed by atoms with Gasteiger partial charge in [-0.1, -0.05) is 97.1 Å². The number of fused-ring (bicyclic) bond motifs is 10. The van der Waals surface area contributed by atoms with Gasteiger partial charge in [-0.25, -0.2) is 0 Å². The summed E-state index contributed by atoms with van der Waals surface area (Å²) in [4.78, 5) is 0. The van der Waals surface area contributed by atoms with Gasteiger partial charge in [0.1, 0.15) is 16.7 Å². The van der Waals surface area contributed by atoms with E-state index in [1.165, 1.54) is 58.4 Å². The quantitative estimate of drug-likeness (QED) is 0.195. The molecule has 0 atom stereocenters. The van der Waals surface area contributed by atoms with Crippen LogP contribution in [0.5, 0.6) is 0 Å². The van der Waals surface area contributed by atoms with Gasteiger partial charge in [-0.3, -0.25) is 0 Å². The zero-order valence-corrected chi connectivity index (χ0v) is 23.7. The van der Waals surface area contributed by atoms with Crippen LogP contribution < -0.4 is 0 Å². The smallest absolute Gasteiger partial charge is 0.146 e. The molecule has 0 aliphatic rings. The third kappa shape index (κ3) is 3.17. The largest absolute Gasteiger partial charge is 0.464 e. The lowest BCUT2D eigenvalue weighted by Gasteiger charge is -2.18. The first-order valence-corrected chi connectivity index (χ1v) is 15.3. The van der Waals surface area contributed by atoms with Crippen LogP contribution >= 0.6 is 11.3 Å². The van der Waals surface area contributed by atoms with E-state index in [1.54, 1.807) is 6.26 Å². The first-order chi connectivity index (χ1) is 21.3. The second-order valence-corrected chi connectivity index (χ2v) is 12.3. The standard InChI is InChI=1S/C40H22O2S/c1-3-12-28-26(10-1)37(23-17-18-25-24-9-6-8-16-35(24)43-36(25)21-23)27-11-2-4-13-29(27)38(28)32-22-34-39(40-30(32)19-20-41-40)31-14-5-7-15-33(31)42-34/h1-22H. The Morgan fingerprint density at radius 1 is 0.442 bits per heavy atom. The topological polar surface area (TPSA) is 26.3 Å². The molecule has 2 nitrogen and oxygen atoms in total. The van der Waals surface area contributed by atoms with Crippen LogP contribution in [0.25, 0.3) is 96.9 Å². The van der Waals surface area contributed by atoms with Gasteiger partial charge in [0.15, 0.2) is 0 Å². The molecule has 0 N–H and O–H groups in total. The van der Waals surface area contributed by atoms with E-state index in [0.717, 1.165) is 38.5 Å². The molecule has 10 rings (SSSR count). The molecule has 3 heteroatoms. The molecule has 0 amide bonds. The minimum absolute atomic E-state index is 0.839. The molecule has 3 aromatic heterocycles. The molecule has 0 saturated carbocycles. The van der Waals surface area contributed by atoms with Gasteiger partial charge in [0, 0.05) is 30.9 Å². The summed E-state index contributed by atoms with van der Waals surface area (Å²) in [5, 5.41) is 10.7. The summed E-state index contributed by atoms with van der Waals surface area (Å²) in [6.07, 6.45) is 1.80. The number of rotatable bonds is 2. The molecule has 0 spiro atoms. The summed E-state index contributed by atoms with van der Waals surface area (Å²) in [6, 6.07) is 45.8. The van der Waals surface area contributed by atoms with Crippen molar-refractivity contribution in [3.05, 3.63) is 134 Å². The summed E-state index contributed by atoms with van der Waals surface area (Å²) in [5.74, 6) is 0. The van der Waals surface area contributed by atoms with Crippen molar-refractivity contribution in [2.24, 2.45) is 0 Å². The van der Waals surface area contributed by atoms with Crippen LogP contribution in [0, 0.1) is 0 Å². The van der Waals surface area contributed by atoms with E-state index >= 15 is 0 Å². The maximum atomic E-state index is 6.42. The van der Waals surface area contributed by atoms with E-state index in [4.69, 9.17) is 8.83 Å². The fourth-order valence-electron chi connectivity index (χ4n) is 7.14. The molecule has 0 radical (unpaired) electrons. The summed E-state index contributed by atoms with van der Waals surface area (Å²) < 4.78 is 15.2. The minimum Gasteiger partial charge on any atom is -0.464 e. The molecule has 43 heavy (non-hydrogen) atoms. The van der Waals surface area contributed by atoms with Crippen molar-refractivity contribution in [3.8, 4) is 22.3 Å². The molecule has 0 aliphatic carbocycles. The Balaban J connectivity index is 1.33. The van der Waals surface area contributed by atoms with Gasteiger partial charge >= 0.3 is 0 Å². The number of thiophene rings is 1. The number of benzene rings is 7. The van der Waals surface area contributed by atoms with Crippen molar-refractivity contribution >= 4 is 86.0 Å². The summed E-state index contributed by atoms with van der Waals surface area (Å²) in [7, 11) is 0. The first kappa shape index (κ1) is 23.2. The SMILES string of the molecule is c1ccc2c(c1)oc1cc(-c3c4ccccc4c(-c4ccc5c(c4)sc4ccccc45)c4ccccc34)c3ccoc3c12. The Morgan fingerprint density at radius 3 is 1.84 bits per heavy atom. The van der Waals surface area contributed by atoms with Gasteiger partial charge in [0.2, 0.25) is 0 Å². The molecule has 0 bridgehead atoms. The van der Waals surface area contributed by atoms with Crippen LogP contribution in [0.3, 0.4) is 0 Å². The Morgan fingerprint density at radius 2 is 1.07 bits per heavy atom. The lowest BCUT2D eigenvalue weighted by Crippen LogP contribution is -1.91. The molecule has 7 aromatic carbocycles. The highest BCUT2D eigenvalue weighted by atomic mass is 32.1. The third-order valence-electron chi connectivity index (χ3n) is 8.95. The lowest BCUT2D eigenvalue weighted by molar-refractivity contribution is 0.618. The van der Waals surface area contributed by atoms with E-state index in [1.807, 2.05) is 23.5 Å². The van der Waals surface area contributed by atoms with Gasteiger partial charge in [-0.2, -0.15) is 0 Å². The van der Waals surface area contributed by atoms with Crippen molar-refractivity contribution in [1.29, 1.82) is 0 Å². The van der Waals surface area contributed by atoms with Crippen molar-refractivity contribution in [2.45, 2.75) is 0 Å². The minimum atomic E-state index is 0.839. The normalized spacial score (nSPS) is 12.2. The second-order valence-electron chi connectivity index (χ2n) is 11.2.